The average molecular weight is 380 g/mol. The lowest BCUT2D eigenvalue weighted by Crippen LogP contribution is -2.38. The van der Waals surface area contributed by atoms with Gasteiger partial charge in [-0.3, -0.25) is 19.3 Å². The van der Waals surface area contributed by atoms with Gasteiger partial charge in [0.15, 0.2) is 0 Å². The quantitative estimate of drug-likeness (QED) is 0.866. The number of aryl methyl sites for hydroxylation is 2. The Morgan fingerprint density at radius 1 is 1.36 bits per heavy atom. The van der Waals surface area contributed by atoms with E-state index in [1.54, 1.807) is 6.07 Å². The third kappa shape index (κ3) is 3.26. The zero-order chi connectivity index (χ0) is 18.1. The summed E-state index contributed by atoms with van der Waals surface area (Å²) in [4.78, 5) is 37.0. The molecule has 0 unspecified atom stereocenters. The van der Waals surface area contributed by atoms with E-state index in [9.17, 15) is 14.4 Å². The van der Waals surface area contributed by atoms with Crippen molar-refractivity contribution in [2.75, 3.05) is 18.8 Å². The number of aromatic nitrogens is 1. The highest BCUT2D eigenvalue weighted by atomic mass is 35.5. The van der Waals surface area contributed by atoms with Crippen LogP contribution in [0.2, 0.25) is 5.02 Å². The number of thioether (sulfide) groups is 1. The molecule has 3 amide bonds. The highest BCUT2D eigenvalue weighted by molar-refractivity contribution is 8.14. The summed E-state index contributed by atoms with van der Waals surface area (Å²) in [7, 11) is 0. The van der Waals surface area contributed by atoms with Gasteiger partial charge in [0.05, 0.1) is 5.75 Å². The molecule has 1 saturated heterocycles. The SMILES string of the molecule is CCn1c(C(=O)NCCN2C(=O)CSC2=O)c(C)c2cc(Cl)ccc21. The molecule has 0 spiro atoms. The maximum atomic E-state index is 12.7. The van der Waals surface area contributed by atoms with Crippen LogP contribution in [-0.4, -0.2) is 45.4 Å². The molecular weight excluding hydrogens is 362 g/mol. The molecular formula is C17H18ClN3O3S. The van der Waals surface area contributed by atoms with Crippen molar-refractivity contribution in [3.8, 4) is 0 Å². The highest BCUT2D eigenvalue weighted by Gasteiger charge is 2.29. The second kappa shape index (κ2) is 7.09. The average Bonchev–Trinajstić information content (AvgIpc) is 3.05. The number of nitrogens with zero attached hydrogens (tertiary/aromatic N) is 2. The Balaban J connectivity index is 1.79. The summed E-state index contributed by atoms with van der Waals surface area (Å²) in [6, 6.07) is 5.57. The van der Waals surface area contributed by atoms with Crippen LogP contribution < -0.4 is 5.32 Å². The summed E-state index contributed by atoms with van der Waals surface area (Å²) in [6.07, 6.45) is 0. The van der Waals surface area contributed by atoms with Gasteiger partial charge >= 0.3 is 0 Å². The Morgan fingerprint density at radius 3 is 2.76 bits per heavy atom. The predicted molar refractivity (Wildman–Crippen MR) is 99.3 cm³/mol. The maximum Gasteiger partial charge on any atom is 0.288 e. The predicted octanol–water partition coefficient (Wildman–Crippen LogP) is 3.05. The molecule has 3 rings (SSSR count). The Morgan fingerprint density at radius 2 is 2.12 bits per heavy atom. The Kier molecular flexibility index (Phi) is 5.06. The number of nitrogens with one attached hydrogen (secondary N) is 1. The molecule has 6 nitrogen and oxygen atoms in total. The van der Waals surface area contributed by atoms with E-state index in [0.29, 0.717) is 17.3 Å². The van der Waals surface area contributed by atoms with Crippen LogP contribution in [-0.2, 0) is 11.3 Å². The number of fused-ring (bicyclic) bond motifs is 1. The van der Waals surface area contributed by atoms with E-state index in [1.807, 2.05) is 30.5 Å². The molecule has 132 valence electrons. The normalized spacial score (nSPS) is 14.6. The molecule has 0 radical (unpaired) electrons. The van der Waals surface area contributed by atoms with Crippen molar-refractivity contribution >= 4 is 51.3 Å². The first-order valence-electron chi connectivity index (χ1n) is 7.97. The van der Waals surface area contributed by atoms with Crippen LogP contribution in [0.3, 0.4) is 0 Å². The van der Waals surface area contributed by atoms with Gasteiger partial charge in [0.2, 0.25) is 5.91 Å². The molecule has 1 aromatic heterocycles. The van der Waals surface area contributed by atoms with E-state index in [1.165, 1.54) is 4.90 Å². The molecule has 0 atom stereocenters. The van der Waals surface area contributed by atoms with Crippen molar-refractivity contribution in [1.29, 1.82) is 0 Å². The minimum atomic E-state index is -0.257. The Labute approximate surface area is 154 Å². The van der Waals surface area contributed by atoms with Crippen molar-refractivity contribution in [3.63, 3.8) is 0 Å². The molecule has 0 bridgehead atoms. The van der Waals surface area contributed by atoms with Crippen molar-refractivity contribution in [2.45, 2.75) is 20.4 Å². The van der Waals surface area contributed by atoms with Gasteiger partial charge < -0.3 is 9.88 Å². The fraction of sp³-hybridized carbons (Fsp3) is 0.353. The number of carbonyl (C=O) groups excluding carboxylic acids is 3. The Hall–Kier alpha value is -1.99. The van der Waals surface area contributed by atoms with Gasteiger partial charge in [-0.1, -0.05) is 23.4 Å². The smallest absolute Gasteiger partial charge is 0.288 e. The van der Waals surface area contributed by atoms with E-state index in [-0.39, 0.29) is 35.9 Å². The summed E-state index contributed by atoms with van der Waals surface area (Å²) in [6.45, 7) is 4.93. The molecule has 1 aliphatic rings. The molecule has 2 heterocycles. The molecule has 1 aromatic carbocycles. The standard InChI is InChI=1S/C17H18ClN3O3S/c1-3-20-13-5-4-11(18)8-12(13)10(2)15(20)16(23)19-6-7-21-14(22)9-25-17(21)24/h4-5,8H,3,6-7,9H2,1-2H3,(H,19,23). The van der Waals surface area contributed by atoms with Gasteiger partial charge in [-0.25, -0.2) is 0 Å². The summed E-state index contributed by atoms with van der Waals surface area (Å²) >= 11 is 7.07. The molecule has 0 aliphatic carbocycles. The molecule has 1 N–H and O–H groups in total. The van der Waals surface area contributed by atoms with Crippen molar-refractivity contribution in [3.05, 3.63) is 34.5 Å². The summed E-state index contributed by atoms with van der Waals surface area (Å²) in [5, 5.41) is 4.12. The first-order chi connectivity index (χ1) is 11.9. The summed E-state index contributed by atoms with van der Waals surface area (Å²) in [5.74, 6) is -0.257. The lowest BCUT2D eigenvalue weighted by molar-refractivity contribution is -0.124. The van der Waals surface area contributed by atoms with Crippen molar-refractivity contribution in [2.24, 2.45) is 0 Å². The van der Waals surface area contributed by atoms with Crippen molar-refractivity contribution < 1.29 is 14.4 Å². The molecule has 1 fully saturated rings. The van der Waals surface area contributed by atoms with Gasteiger partial charge in [0, 0.05) is 35.6 Å². The topological polar surface area (TPSA) is 71.4 Å². The van der Waals surface area contributed by atoms with Crippen LogP contribution >= 0.6 is 23.4 Å². The third-order valence-corrected chi connectivity index (χ3v) is 5.37. The molecule has 2 aromatic rings. The summed E-state index contributed by atoms with van der Waals surface area (Å²) < 4.78 is 1.94. The Bertz CT molecular complexity index is 862. The zero-order valence-electron chi connectivity index (χ0n) is 14.0. The number of benzene rings is 1. The third-order valence-electron chi connectivity index (χ3n) is 4.27. The van der Waals surface area contributed by atoms with Crippen LogP contribution in [0.1, 0.15) is 23.0 Å². The van der Waals surface area contributed by atoms with Crippen LogP contribution in [0.25, 0.3) is 10.9 Å². The van der Waals surface area contributed by atoms with Gasteiger partial charge in [0.25, 0.3) is 11.1 Å². The summed E-state index contributed by atoms with van der Waals surface area (Å²) in [5.41, 5.74) is 2.39. The minimum Gasteiger partial charge on any atom is -0.349 e. The molecule has 8 heteroatoms. The lowest BCUT2D eigenvalue weighted by atomic mass is 10.1. The number of rotatable bonds is 5. The van der Waals surface area contributed by atoms with E-state index in [4.69, 9.17) is 11.6 Å². The van der Waals surface area contributed by atoms with Crippen molar-refractivity contribution in [1.82, 2.24) is 14.8 Å². The largest absolute Gasteiger partial charge is 0.349 e. The molecule has 1 aliphatic heterocycles. The number of hydrogen-bond acceptors (Lipinski definition) is 4. The fourth-order valence-corrected chi connectivity index (χ4v) is 4.00. The van der Waals surface area contributed by atoms with E-state index in [2.05, 4.69) is 5.32 Å². The van der Waals surface area contributed by atoms with Crippen LogP contribution in [0, 0.1) is 6.92 Å². The molecule has 0 saturated carbocycles. The number of imide groups is 1. The van der Waals surface area contributed by atoms with E-state index >= 15 is 0 Å². The zero-order valence-corrected chi connectivity index (χ0v) is 15.5. The van der Waals surface area contributed by atoms with E-state index < -0.39 is 0 Å². The fourth-order valence-electron chi connectivity index (χ4n) is 3.08. The first kappa shape index (κ1) is 17.8. The number of amides is 3. The first-order valence-corrected chi connectivity index (χ1v) is 9.34. The number of carbonyl (C=O) groups is 3. The number of halogens is 1. The van der Waals surface area contributed by atoms with Crippen LogP contribution in [0.15, 0.2) is 18.2 Å². The molecule has 25 heavy (non-hydrogen) atoms. The minimum absolute atomic E-state index is 0.177. The van der Waals surface area contributed by atoms with Crippen LogP contribution in [0.4, 0.5) is 4.79 Å². The second-order valence-corrected chi connectivity index (χ2v) is 7.10. The van der Waals surface area contributed by atoms with Gasteiger partial charge in [-0.05, 0) is 37.6 Å². The highest BCUT2D eigenvalue weighted by Crippen LogP contribution is 2.28. The second-order valence-electron chi connectivity index (χ2n) is 5.74. The number of hydrogen-bond donors (Lipinski definition) is 1. The van der Waals surface area contributed by atoms with Crippen LogP contribution in [0.5, 0.6) is 0 Å². The van der Waals surface area contributed by atoms with E-state index in [0.717, 1.165) is 28.2 Å². The van der Waals surface area contributed by atoms with Gasteiger partial charge in [-0.15, -0.1) is 0 Å². The lowest BCUT2D eigenvalue weighted by Gasteiger charge is -2.14. The monoisotopic (exact) mass is 379 g/mol. The van der Waals surface area contributed by atoms with Gasteiger partial charge in [-0.2, -0.15) is 0 Å². The van der Waals surface area contributed by atoms with Gasteiger partial charge in [0.1, 0.15) is 5.69 Å². The maximum absolute atomic E-state index is 12.7.